The molecule has 0 spiro atoms. The van der Waals surface area contributed by atoms with Crippen molar-refractivity contribution in [1.29, 1.82) is 0 Å². The van der Waals surface area contributed by atoms with Crippen molar-refractivity contribution in [2.75, 3.05) is 32.6 Å². The monoisotopic (exact) mass is 346 g/mol. The van der Waals surface area contributed by atoms with Gasteiger partial charge in [-0.15, -0.1) is 0 Å². The van der Waals surface area contributed by atoms with E-state index in [4.69, 9.17) is 16.3 Å². The molecule has 122 valence electrons. The highest BCUT2D eigenvalue weighted by atomic mass is 35.5. The van der Waals surface area contributed by atoms with Crippen molar-refractivity contribution in [1.82, 2.24) is 9.62 Å². The number of hydrogen-bond acceptors (Lipinski definition) is 4. The summed E-state index contributed by atoms with van der Waals surface area (Å²) in [7, 11) is -3.44. The third kappa shape index (κ3) is 5.24. The molecule has 1 saturated heterocycles. The lowest BCUT2D eigenvalue weighted by atomic mass is 10.0. The maximum atomic E-state index is 12.3. The standard InChI is InChI=1S/C14H19ClN2O4S/c1-22(19,20)16-13(11-2-4-12(15)5-3-11)10-14(18)17-6-8-21-9-7-17/h2-5,13,16H,6-10H2,1H3/t13-/m0/s1. The van der Waals surface area contributed by atoms with Gasteiger partial charge in [0.1, 0.15) is 0 Å². The van der Waals surface area contributed by atoms with Crippen LogP contribution in [0.4, 0.5) is 0 Å². The quantitative estimate of drug-likeness (QED) is 0.868. The summed E-state index contributed by atoms with van der Waals surface area (Å²) in [4.78, 5) is 14.0. The molecule has 22 heavy (non-hydrogen) atoms. The fourth-order valence-corrected chi connectivity index (χ4v) is 3.16. The summed E-state index contributed by atoms with van der Waals surface area (Å²) in [5.41, 5.74) is 0.705. The highest BCUT2D eigenvalue weighted by molar-refractivity contribution is 7.88. The molecule has 1 N–H and O–H groups in total. The second-order valence-electron chi connectivity index (χ2n) is 5.19. The fourth-order valence-electron chi connectivity index (χ4n) is 2.30. The Kier molecular flexibility index (Phi) is 5.80. The molecule has 0 aliphatic carbocycles. The van der Waals surface area contributed by atoms with Gasteiger partial charge in [0.15, 0.2) is 0 Å². The number of carbonyl (C=O) groups is 1. The topological polar surface area (TPSA) is 75.7 Å². The first-order valence-corrected chi connectivity index (χ1v) is 9.20. The van der Waals surface area contributed by atoms with Crippen LogP contribution < -0.4 is 4.72 Å². The van der Waals surface area contributed by atoms with Gasteiger partial charge in [-0.1, -0.05) is 23.7 Å². The molecule has 1 atom stereocenters. The van der Waals surface area contributed by atoms with Crippen molar-refractivity contribution >= 4 is 27.5 Å². The predicted molar refractivity (Wildman–Crippen MR) is 84.2 cm³/mol. The first kappa shape index (κ1) is 17.2. The Morgan fingerprint density at radius 3 is 2.45 bits per heavy atom. The van der Waals surface area contributed by atoms with E-state index in [2.05, 4.69) is 4.72 Å². The second-order valence-corrected chi connectivity index (χ2v) is 7.41. The Balaban J connectivity index is 2.13. The van der Waals surface area contributed by atoms with Gasteiger partial charge in [0, 0.05) is 24.5 Å². The summed E-state index contributed by atoms with van der Waals surface area (Å²) in [6.45, 7) is 2.09. The molecule has 0 saturated carbocycles. The number of rotatable bonds is 5. The number of amides is 1. The van der Waals surface area contributed by atoms with E-state index in [1.54, 1.807) is 29.2 Å². The van der Waals surface area contributed by atoms with Crippen LogP contribution in [0.2, 0.25) is 5.02 Å². The minimum atomic E-state index is -3.44. The Labute approximate surface area is 135 Å². The molecule has 1 aliphatic rings. The molecule has 1 amide bonds. The number of morpholine rings is 1. The molecule has 2 rings (SSSR count). The lowest BCUT2D eigenvalue weighted by molar-refractivity contribution is -0.135. The van der Waals surface area contributed by atoms with Crippen LogP contribution in [-0.2, 0) is 19.6 Å². The largest absolute Gasteiger partial charge is 0.378 e. The zero-order chi connectivity index (χ0) is 16.2. The van der Waals surface area contributed by atoms with Gasteiger partial charge in [-0.2, -0.15) is 0 Å². The maximum absolute atomic E-state index is 12.3. The molecular formula is C14H19ClN2O4S. The van der Waals surface area contributed by atoms with Gasteiger partial charge in [0.05, 0.1) is 25.5 Å². The smallest absolute Gasteiger partial charge is 0.224 e. The van der Waals surface area contributed by atoms with Gasteiger partial charge in [0.2, 0.25) is 15.9 Å². The van der Waals surface area contributed by atoms with E-state index < -0.39 is 16.1 Å². The number of hydrogen-bond donors (Lipinski definition) is 1. The Hall–Kier alpha value is -1.15. The zero-order valence-electron chi connectivity index (χ0n) is 12.3. The number of carbonyl (C=O) groups excluding carboxylic acids is 1. The van der Waals surface area contributed by atoms with Crippen molar-refractivity contribution in [2.45, 2.75) is 12.5 Å². The first-order valence-electron chi connectivity index (χ1n) is 6.93. The molecule has 0 radical (unpaired) electrons. The number of nitrogens with one attached hydrogen (secondary N) is 1. The van der Waals surface area contributed by atoms with Crippen molar-refractivity contribution in [2.24, 2.45) is 0 Å². The minimum absolute atomic E-state index is 0.0642. The second kappa shape index (κ2) is 7.41. The van der Waals surface area contributed by atoms with E-state index >= 15 is 0 Å². The summed E-state index contributed by atoms with van der Waals surface area (Å²) in [5, 5.41) is 0.557. The van der Waals surface area contributed by atoms with E-state index in [0.717, 1.165) is 6.26 Å². The van der Waals surface area contributed by atoms with E-state index in [1.807, 2.05) is 0 Å². The molecule has 1 fully saturated rings. The van der Waals surface area contributed by atoms with Crippen LogP contribution in [0.5, 0.6) is 0 Å². The van der Waals surface area contributed by atoms with Gasteiger partial charge in [-0.05, 0) is 17.7 Å². The normalized spacial score (nSPS) is 17.3. The molecular weight excluding hydrogens is 328 g/mol. The van der Waals surface area contributed by atoms with Crippen molar-refractivity contribution in [3.63, 3.8) is 0 Å². The van der Waals surface area contributed by atoms with Crippen molar-refractivity contribution in [3.05, 3.63) is 34.9 Å². The number of benzene rings is 1. The Bertz CT molecular complexity index is 612. The highest BCUT2D eigenvalue weighted by Crippen LogP contribution is 2.21. The zero-order valence-corrected chi connectivity index (χ0v) is 13.9. The summed E-state index contributed by atoms with van der Waals surface area (Å²) in [6.07, 6.45) is 1.14. The third-order valence-corrected chi connectivity index (χ3v) is 4.34. The van der Waals surface area contributed by atoms with Crippen LogP contribution in [0.15, 0.2) is 24.3 Å². The fraction of sp³-hybridized carbons (Fsp3) is 0.500. The van der Waals surface area contributed by atoms with E-state index in [-0.39, 0.29) is 12.3 Å². The molecule has 8 heteroatoms. The molecule has 1 heterocycles. The van der Waals surface area contributed by atoms with E-state index in [9.17, 15) is 13.2 Å². The minimum Gasteiger partial charge on any atom is -0.378 e. The van der Waals surface area contributed by atoms with E-state index in [1.165, 1.54) is 0 Å². The first-order chi connectivity index (χ1) is 10.3. The van der Waals surface area contributed by atoms with Gasteiger partial charge in [0.25, 0.3) is 0 Å². The lowest BCUT2D eigenvalue weighted by Gasteiger charge is -2.28. The molecule has 0 unspecified atom stereocenters. The van der Waals surface area contributed by atoms with Gasteiger partial charge in [-0.3, -0.25) is 4.79 Å². The third-order valence-electron chi connectivity index (χ3n) is 3.37. The van der Waals surface area contributed by atoms with Crippen molar-refractivity contribution in [3.8, 4) is 0 Å². The number of nitrogens with zero attached hydrogens (tertiary/aromatic N) is 1. The predicted octanol–water partition coefficient (Wildman–Crippen LogP) is 1.18. The van der Waals surface area contributed by atoms with Gasteiger partial charge < -0.3 is 9.64 Å². The summed E-state index contributed by atoms with van der Waals surface area (Å²) < 4.78 is 30.8. The van der Waals surface area contributed by atoms with Crippen LogP contribution >= 0.6 is 11.6 Å². The summed E-state index contributed by atoms with van der Waals surface area (Å²) in [6, 6.07) is 6.18. The molecule has 1 aliphatic heterocycles. The van der Waals surface area contributed by atoms with Crippen LogP contribution in [0.3, 0.4) is 0 Å². The highest BCUT2D eigenvalue weighted by Gasteiger charge is 2.24. The average Bonchev–Trinajstić information content (AvgIpc) is 2.47. The molecule has 0 bridgehead atoms. The molecule has 1 aromatic rings. The van der Waals surface area contributed by atoms with Crippen LogP contribution in [0.1, 0.15) is 18.0 Å². The average molecular weight is 347 g/mol. The molecule has 0 aromatic heterocycles. The van der Waals surface area contributed by atoms with Crippen LogP contribution in [0, 0.1) is 0 Å². The lowest BCUT2D eigenvalue weighted by Crippen LogP contribution is -2.42. The Morgan fingerprint density at radius 2 is 1.91 bits per heavy atom. The summed E-state index contributed by atoms with van der Waals surface area (Å²) >= 11 is 5.85. The maximum Gasteiger partial charge on any atom is 0.224 e. The van der Waals surface area contributed by atoms with Gasteiger partial charge >= 0.3 is 0 Å². The number of halogens is 1. The SMILES string of the molecule is CS(=O)(=O)N[C@@H](CC(=O)N1CCOCC1)c1ccc(Cl)cc1. The number of sulfonamides is 1. The molecule has 1 aromatic carbocycles. The molecule has 6 nitrogen and oxygen atoms in total. The van der Waals surface area contributed by atoms with Crippen LogP contribution in [-0.4, -0.2) is 51.8 Å². The van der Waals surface area contributed by atoms with Gasteiger partial charge in [-0.25, -0.2) is 13.1 Å². The summed E-state index contributed by atoms with van der Waals surface area (Å²) in [5.74, 6) is -0.0978. The Morgan fingerprint density at radius 1 is 1.32 bits per heavy atom. The van der Waals surface area contributed by atoms with Crippen molar-refractivity contribution < 1.29 is 17.9 Å². The number of ether oxygens (including phenoxy) is 1. The van der Waals surface area contributed by atoms with Crippen LogP contribution in [0.25, 0.3) is 0 Å². The van der Waals surface area contributed by atoms with E-state index in [0.29, 0.717) is 36.9 Å².